The van der Waals surface area contributed by atoms with Gasteiger partial charge in [-0.1, -0.05) is 33.6 Å². The second-order valence-electron chi connectivity index (χ2n) is 6.96. The van der Waals surface area contributed by atoms with Crippen LogP contribution in [0.4, 0.5) is 17.6 Å². The molecule has 0 saturated carbocycles. The van der Waals surface area contributed by atoms with Gasteiger partial charge in [0.15, 0.2) is 0 Å². The molecule has 0 aromatic rings. The summed E-state index contributed by atoms with van der Waals surface area (Å²) in [5, 5.41) is 0. The van der Waals surface area contributed by atoms with E-state index in [1.807, 2.05) is 0 Å². The highest BCUT2D eigenvalue weighted by molar-refractivity contribution is 4.74. The Morgan fingerprint density at radius 1 is 0.773 bits per heavy atom. The summed E-state index contributed by atoms with van der Waals surface area (Å²) in [6, 6.07) is 0. The van der Waals surface area contributed by atoms with E-state index in [-0.39, 0.29) is 24.7 Å². The summed E-state index contributed by atoms with van der Waals surface area (Å²) >= 11 is 0. The lowest BCUT2D eigenvalue weighted by atomic mass is 9.80. The van der Waals surface area contributed by atoms with Gasteiger partial charge in [0.05, 0.1) is 13.3 Å². The van der Waals surface area contributed by atoms with Gasteiger partial charge in [-0.25, -0.2) is 8.78 Å². The number of alkyl halides is 4. The third kappa shape index (κ3) is 9.68. The first-order valence-electron chi connectivity index (χ1n) is 8.80. The summed E-state index contributed by atoms with van der Waals surface area (Å²) in [4.78, 5) is 0. The van der Waals surface area contributed by atoms with E-state index < -0.39 is 26.2 Å². The third-order valence-corrected chi connectivity index (χ3v) is 4.69. The minimum atomic E-state index is -1.49. The maximum Gasteiger partial charge on any atom is 0.128 e. The molecule has 0 amide bonds. The van der Waals surface area contributed by atoms with Crippen molar-refractivity contribution >= 4 is 0 Å². The van der Waals surface area contributed by atoms with Crippen LogP contribution >= 0.6 is 0 Å². The highest BCUT2D eigenvalue weighted by Crippen LogP contribution is 2.31. The minimum absolute atomic E-state index is 0.0703. The Hall–Kier alpha value is -0.280. The lowest BCUT2D eigenvalue weighted by Gasteiger charge is -2.27. The van der Waals surface area contributed by atoms with Crippen LogP contribution in [0.1, 0.15) is 65.7 Å². The average molecular weight is 326 g/mol. The van der Waals surface area contributed by atoms with Gasteiger partial charge in [-0.15, -0.1) is 0 Å². The van der Waals surface area contributed by atoms with Crippen LogP contribution in [0.25, 0.3) is 0 Å². The molecule has 0 aliphatic rings. The van der Waals surface area contributed by atoms with Crippen molar-refractivity contribution in [2.75, 3.05) is 20.0 Å². The lowest BCUT2D eigenvalue weighted by molar-refractivity contribution is 0.167. The largest absolute Gasteiger partial charge is 0.251 e. The Labute approximate surface area is 134 Å². The van der Waals surface area contributed by atoms with Crippen molar-refractivity contribution in [3.05, 3.63) is 0 Å². The molecule has 0 radical (unpaired) electrons. The molecular weight excluding hydrogens is 292 g/mol. The fraction of sp³-hybridized carbons (Fsp3) is 1.00. The Morgan fingerprint density at radius 3 is 1.86 bits per heavy atom. The van der Waals surface area contributed by atoms with Crippen LogP contribution in [-0.2, 0) is 0 Å². The van der Waals surface area contributed by atoms with Crippen molar-refractivity contribution < 1.29 is 17.6 Å². The summed E-state index contributed by atoms with van der Waals surface area (Å²) in [7, 11) is 0. The first kappa shape index (κ1) is 21.7. The van der Waals surface area contributed by atoms with E-state index in [0.717, 1.165) is 25.7 Å². The zero-order valence-electron chi connectivity index (χ0n) is 14.5. The van der Waals surface area contributed by atoms with E-state index in [2.05, 4.69) is 20.8 Å². The molecule has 0 bridgehead atoms. The Kier molecular flexibility index (Phi) is 13.0. The van der Waals surface area contributed by atoms with Gasteiger partial charge in [-0.2, -0.15) is 0 Å². The third-order valence-electron chi connectivity index (χ3n) is 4.69. The summed E-state index contributed by atoms with van der Waals surface area (Å²) in [5.41, 5.74) is 0. The second kappa shape index (κ2) is 13.2. The van der Waals surface area contributed by atoms with Crippen LogP contribution in [0.15, 0.2) is 0 Å². The molecule has 0 aromatic heterocycles. The van der Waals surface area contributed by atoms with Crippen LogP contribution in [0.3, 0.4) is 0 Å². The van der Waals surface area contributed by atoms with Crippen LogP contribution in [-0.4, -0.2) is 26.2 Å². The SMILES string of the molecule is CCC(CCC(CF)C(CCF)CCC(F)CF)CC(C)C. The van der Waals surface area contributed by atoms with E-state index in [4.69, 9.17) is 0 Å². The topological polar surface area (TPSA) is 0 Å². The minimum Gasteiger partial charge on any atom is -0.251 e. The van der Waals surface area contributed by atoms with Crippen LogP contribution in [0.5, 0.6) is 0 Å². The smallest absolute Gasteiger partial charge is 0.128 e. The molecule has 0 N–H and O–H groups in total. The van der Waals surface area contributed by atoms with Gasteiger partial charge in [-0.05, 0) is 55.8 Å². The molecule has 0 rings (SSSR count). The Morgan fingerprint density at radius 2 is 1.41 bits per heavy atom. The molecule has 4 atom stereocenters. The normalized spacial score (nSPS) is 17.5. The van der Waals surface area contributed by atoms with E-state index in [0.29, 0.717) is 18.3 Å². The molecule has 0 aliphatic carbocycles. The van der Waals surface area contributed by atoms with Gasteiger partial charge >= 0.3 is 0 Å². The van der Waals surface area contributed by atoms with E-state index in [9.17, 15) is 17.6 Å². The van der Waals surface area contributed by atoms with E-state index in [1.165, 1.54) is 0 Å². The summed E-state index contributed by atoms with van der Waals surface area (Å²) in [5.74, 6) is 0.798. The van der Waals surface area contributed by atoms with Crippen molar-refractivity contribution in [3.8, 4) is 0 Å². The second-order valence-corrected chi connectivity index (χ2v) is 6.96. The number of hydrogen-bond donors (Lipinski definition) is 0. The maximum absolute atomic E-state index is 13.4. The standard InChI is InChI=1S/C18H34F4/c1-4-15(11-14(2)3)5-6-17(12-20)16(9-10-19)7-8-18(22)13-21/h14-18H,4-13H2,1-3H3. The van der Waals surface area contributed by atoms with Crippen molar-refractivity contribution in [2.45, 2.75) is 71.9 Å². The molecule has 0 saturated heterocycles. The monoisotopic (exact) mass is 326 g/mol. The molecule has 0 aromatic carbocycles. The first-order chi connectivity index (χ1) is 10.5. The fourth-order valence-electron chi connectivity index (χ4n) is 3.27. The van der Waals surface area contributed by atoms with Crippen LogP contribution in [0, 0.1) is 23.7 Å². The molecule has 0 heterocycles. The van der Waals surface area contributed by atoms with E-state index >= 15 is 0 Å². The number of hydrogen-bond acceptors (Lipinski definition) is 0. The first-order valence-corrected chi connectivity index (χ1v) is 8.80. The quantitative estimate of drug-likeness (QED) is 0.320. The van der Waals surface area contributed by atoms with Gasteiger partial charge in [0, 0.05) is 0 Å². The lowest BCUT2D eigenvalue weighted by Crippen LogP contribution is -2.21. The Balaban J connectivity index is 4.44. The molecule has 0 aliphatic heterocycles. The average Bonchev–Trinajstić information content (AvgIpc) is 2.50. The fourth-order valence-corrected chi connectivity index (χ4v) is 3.27. The van der Waals surface area contributed by atoms with Crippen LogP contribution in [0.2, 0.25) is 0 Å². The highest BCUT2D eigenvalue weighted by Gasteiger charge is 2.24. The molecule has 4 unspecified atom stereocenters. The van der Waals surface area contributed by atoms with Crippen molar-refractivity contribution in [2.24, 2.45) is 23.7 Å². The molecule has 0 spiro atoms. The predicted octanol–water partition coefficient (Wildman–Crippen LogP) is 6.49. The number of rotatable bonds is 14. The van der Waals surface area contributed by atoms with Gasteiger partial charge < -0.3 is 0 Å². The van der Waals surface area contributed by atoms with Gasteiger partial charge in [0.25, 0.3) is 0 Å². The van der Waals surface area contributed by atoms with Gasteiger partial charge in [-0.3, -0.25) is 8.78 Å². The highest BCUT2D eigenvalue weighted by atomic mass is 19.2. The molecular formula is C18H34F4. The molecule has 0 fully saturated rings. The molecule has 0 nitrogen and oxygen atoms in total. The molecule has 134 valence electrons. The zero-order chi connectivity index (χ0) is 17.0. The van der Waals surface area contributed by atoms with E-state index in [1.54, 1.807) is 0 Å². The van der Waals surface area contributed by atoms with Crippen molar-refractivity contribution in [1.82, 2.24) is 0 Å². The Bertz CT molecular complexity index is 245. The molecule has 4 heteroatoms. The van der Waals surface area contributed by atoms with Gasteiger partial charge in [0.1, 0.15) is 12.8 Å². The van der Waals surface area contributed by atoms with Crippen molar-refractivity contribution in [1.29, 1.82) is 0 Å². The molecule has 22 heavy (non-hydrogen) atoms. The van der Waals surface area contributed by atoms with Crippen molar-refractivity contribution in [3.63, 3.8) is 0 Å². The summed E-state index contributed by atoms with van der Waals surface area (Å²) < 4.78 is 51.3. The maximum atomic E-state index is 13.4. The van der Waals surface area contributed by atoms with Crippen LogP contribution < -0.4 is 0 Å². The van der Waals surface area contributed by atoms with Gasteiger partial charge in [0.2, 0.25) is 0 Å². The number of halogens is 4. The summed E-state index contributed by atoms with van der Waals surface area (Å²) in [6.07, 6.45) is 3.07. The zero-order valence-corrected chi connectivity index (χ0v) is 14.5. The predicted molar refractivity (Wildman–Crippen MR) is 86.1 cm³/mol. The summed E-state index contributed by atoms with van der Waals surface area (Å²) in [6.45, 7) is 4.49.